The zero-order valence-electron chi connectivity index (χ0n) is 15.2. The molecule has 144 valence electrons. The lowest BCUT2D eigenvalue weighted by Gasteiger charge is -2.22. The molecule has 0 radical (unpaired) electrons. The zero-order chi connectivity index (χ0) is 20.1. The predicted octanol–water partition coefficient (Wildman–Crippen LogP) is 1.10. The standard InChI is InChI=1S/C19H19N5O4/c1-13-21-22-17-8-7-14(11-24(13)17)19(27)28-12-18(26)23(10-9-16(20)25)15-5-3-2-4-6-15/h2-8,11H,9-10,12H2,1H3,(H2,20,25). The van der Waals surface area contributed by atoms with Gasteiger partial charge in [-0.1, -0.05) is 18.2 Å². The molecule has 0 fully saturated rings. The fourth-order valence-electron chi connectivity index (χ4n) is 2.64. The van der Waals surface area contributed by atoms with Crippen LogP contribution in [0, 0.1) is 6.92 Å². The van der Waals surface area contributed by atoms with Crippen molar-refractivity contribution in [3.05, 3.63) is 60.0 Å². The molecule has 0 aliphatic carbocycles. The van der Waals surface area contributed by atoms with Gasteiger partial charge in [-0.3, -0.25) is 14.0 Å². The first kappa shape index (κ1) is 19.0. The first-order valence-electron chi connectivity index (χ1n) is 8.58. The number of pyridine rings is 1. The number of carbonyl (C=O) groups excluding carboxylic acids is 3. The molecule has 0 saturated heterocycles. The number of aryl methyl sites for hydroxylation is 1. The third-order valence-electron chi connectivity index (χ3n) is 4.09. The molecule has 9 nitrogen and oxygen atoms in total. The summed E-state index contributed by atoms with van der Waals surface area (Å²) in [7, 11) is 0. The van der Waals surface area contributed by atoms with E-state index >= 15 is 0 Å². The van der Waals surface area contributed by atoms with Crippen LogP contribution in [0.15, 0.2) is 48.7 Å². The molecule has 0 spiro atoms. The summed E-state index contributed by atoms with van der Waals surface area (Å²) in [6.45, 7) is 1.39. The monoisotopic (exact) mass is 381 g/mol. The summed E-state index contributed by atoms with van der Waals surface area (Å²) < 4.78 is 6.82. The van der Waals surface area contributed by atoms with Gasteiger partial charge in [0.05, 0.1) is 5.56 Å². The van der Waals surface area contributed by atoms with Gasteiger partial charge in [-0.15, -0.1) is 10.2 Å². The highest BCUT2D eigenvalue weighted by Crippen LogP contribution is 2.14. The van der Waals surface area contributed by atoms with E-state index in [2.05, 4.69) is 10.2 Å². The number of amides is 2. The number of benzene rings is 1. The minimum Gasteiger partial charge on any atom is -0.452 e. The van der Waals surface area contributed by atoms with E-state index in [-0.39, 0.29) is 18.5 Å². The second kappa shape index (κ2) is 8.30. The van der Waals surface area contributed by atoms with Gasteiger partial charge in [0, 0.05) is 24.8 Å². The van der Waals surface area contributed by atoms with Crippen LogP contribution in [0.4, 0.5) is 5.69 Å². The minimum atomic E-state index is -0.647. The second-order valence-electron chi connectivity index (χ2n) is 6.07. The average Bonchev–Trinajstić information content (AvgIpc) is 3.07. The molecule has 9 heteroatoms. The molecule has 0 bridgehead atoms. The van der Waals surface area contributed by atoms with E-state index in [1.807, 2.05) is 6.07 Å². The van der Waals surface area contributed by atoms with Crippen molar-refractivity contribution in [2.45, 2.75) is 13.3 Å². The SMILES string of the molecule is Cc1nnc2ccc(C(=O)OCC(=O)N(CCC(N)=O)c3ccccc3)cn12. The molecule has 0 saturated carbocycles. The summed E-state index contributed by atoms with van der Waals surface area (Å²) in [6.07, 6.45) is 1.55. The Bertz CT molecular complexity index is 1020. The molecule has 2 heterocycles. The van der Waals surface area contributed by atoms with Gasteiger partial charge in [0.25, 0.3) is 5.91 Å². The number of nitrogens with two attached hydrogens (primary N) is 1. The Morgan fingerprint density at radius 2 is 1.86 bits per heavy atom. The van der Waals surface area contributed by atoms with E-state index in [0.29, 0.717) is 17.2 Å². The number of hydrogen-bond acceptors (Lipinski definition) is 6. The first-order valence-corrected chi connectivity index (χ1v) is 8.58. The molecule has 0 atom stereocenters. The summed E-state index contributed by atoms with van der Waals surface area (Å²) in [4.78, 5) is 37.4. The second-order valence-corrected chi connectivity index (χ2v) is 6.07. The number of anilines is 1. The molecule has 1 aromatic carbocycles. The quantitative estimate of drug-likeness (QED) is 0.612. The van der Waals surface area contributed by atoms with E-state index < -0.39 is 24.4 Å². The Hall–Kier alpha value is -3.75. The van der Waals surface area contributed by atoms with Crippen molar-refractivity contribution in [2.24, 2.45) is 5.73 Å². The van der Waals surface area contributed by atoms with E-state index in [9.17, 15) is 14.4 Å². The lowest BCUT2D eigenvalue weighted by Crippen LogP contribution is -2.37. The van der Waals surface area contributed by atoms with Crippen LogP contribution in [-0.2, 0) is 14.3 Å². The number of esters is 1. The smallest absolute Gasteiger partial charge is 0.340 e. The normalized spacial score (nSPS) is 10.6. The van der Waals surface area contributed by atoms with Crippen molar-refractivity contribution in [2.75, 3.05) is 18.1 Å². The number of fused-ring (bicyclic) bond motifs is 1. The van der Waals surface area contributed by atoms with Crippen molar-refractivity contribution < 1.29 is 19.1 Å². The number of aromatic nitrogens is 3. The molecule has 0 aliphatic rings. The maximum absolute atomic E-state index is 12.6. The number of carbonyl (C=O) groups is 3. The summed E-state index contributed by atoms with van der Waals surface area (Å²) in [5.74, 6) is -1.00. The molecule has 0 aliphatic heterocycles. The topological polar surface area (TPSA) is 120 Å². The first-order chi connectivity index (χ1) is 13.5. The zero-order valence-corrected chi connectivity index (χ0v) is 15.2. The van der Waals surface area contributed by atoms with Crippen LogP contribution in [0.1, 0.15) is 22.6 Å². The van der Waals surface area contributed by atoms with Crippen molar-refractivity contribution in [3.63, 3.8) is 0 Å². The van der Waals surface area contributed by atoms with Crippen molar-refractivity contribution >= 4 is 29.1 Å². The van der Waals surface area contributed by atoms with Crippen LogP contribution in [0.25, 0.3) is 5.65 Å². The molecule has 3 rings (SSSR count). The summed E-state index contributed by atoms with van der Waals surface area (Å²) >= 11 is 0. The third kappa shape index (κ3) is 4.32. The highest BCUT2D eigenvalue weighted by atomic mass is 16.5. The minimum absolute atomic E-state index is 0.00183. The van der Waals surface area contributed by atoms with E-state index in [4.69, 9.17) is 10.5 Å². The Morgan fingerprint density at radius 3 is 2.57 bits per heavy atom. The molecule has 28 heavy (non-hydrogen) atoms. The Kier molecular flexibility index (Phi) is 5.64. The maximum atomic E-state index is 12.6. The number of para-hydroxylation sites is 1. The Balaban J connectivity index is 1.69. The van der Waals surface area contributed by atoms with Gasteiger partial charge in [-0.2, -0.15) is 0 Å². The highest BCUT2D eigenvalue weighted by molar-refractivity contribution is 5.97. The average molecular weight is 381 g/mol. The number of primary amides is 1. The fourth-order valence-corrected chi connectivity index (χ4v) is 2.64. The van der Waals surface area contributed by atoms with Gasteiger partial charge in [0.1, 0.15) is 5.82 Å². The van der Waals surface area contributed by atoms with Gasteiger partial charge < -0.3 is 15.4 Å². The number of rotatable bonds is 7. The summed E-state index contributed by atoms with van der Waals surface area (Å²) in [5, 5.41) is 7.87. The van der Waals surface area contributed by atoms with E-state index in [0.717, 1.165) is 0 Å². The van der Waals surface area contributed by atoms with Crippen LogP contribution >= 0.6 is 0 Å². The molecule has 2 amide bonds. The predicted molar refractivity (Wildman–Crippen MR) is 101 cm³/mol. The van der Waals surface area contributed by atoms with Gasteiger partial charge >= 0.3 is 5.97 Å². The number of nitrogens with zero attached hydrogens (tertiary/aromatic N) is 4. The molecule has 3 aromatic rings. The van der Waals surface area contributed by atoms with Crippen LogP contribution < -0.4 is 10.6 Å². The molecular weight excluding hydrogens is 362 g/mol. The number of ether oxygens (including phenoxy) is 1. The number of hydrogen-bond donors (Lipinski definition) is 1. The van der Waals surface area contributed by atoms with Gasteiger partial charge in [-0.25, -0.2) is 4.79 Å². The molecule has 2 N–H and O–H groups in total. The van der Waals surface area contributed by atoms with Crippen molar-refractivity contribution in [1.82, 2.24) is 14.6 Å². The van der Waals surface area contributed by atoms with Crippen molar-refractivity contribution in [3.8, 4) is 0 Å². The Morgan fingerprint density at radius 1 is 1.11 bits per heavy atom. The maximum Gasteiger partial charge on any atom is 0.340 e. The fraction of sp³-hybridized carbons (Fsp3) is 0.211. The van der Waals surface area contributed by atoms with Gasteiger partial charge in [0.2, 0.25) is 5.91 Å². The summed E-state index contributed by atoms with van der Waals surface area (Å²) in [6, 6.07) is 12.0. The summed E-state index contributed by atoms with van der Waals surface area (Å²) in [5.41, 5.74) is 6.65. The van der Waals surface area contributed by atoms with E-state index in [1.54, 1.807) is 53.9 Å². The van der Waals surface area contributed by atoms with E-state index in [1.165, 1.54) is 4.90 Å². The Labute approximate surface area is 160 Å². The highest BCUT2D eigenvalue weighted by Gasteiger charge is 2.19. The largest absolute Gasteiger partial charge is 0.452 e. The van der Waals surface area contributed by atoms with Crippen LogP contribution in [0.3, 0.4) is 0 Å². The van der Waals surface area contributed by atoms with Crippen LogP contribution in [0.5, 0.6) is 0 Å². The van der Waals surface area contributed by atoms with Crippen LogP contribution in [-0.4, -0.2) is 45.5 Å². The van der Waals surface area contributed by atoms with Gasteiger partial charge in [-0.05, 0) is 31.2 Å². The molecular formula is C19H19N5O4. The lowest BCUT2D eigenvalue weighted by atomic mass is 10.2. The molecule has 0 unspecified atom stereocenters. The van der Waals surface area contributed by atoms with Gasteiger partial charge in [0.15, 0.2) is 12.3 Å². The lowest BCUT2D eigenvalue weighted by molar-refractivity contribution is -0.121. The molecule has 2 aromatic heterocycles. The third-order valence-corrected chi connectivity index (χ3v) is 4.09. The van der Waals surface area contributed by atoms with Crippen LogP contribution in [0.2, 0.25) is 0 Å². The van der Waals surface area contributed by atoms with Crippen molar-refractivity contribution in [1.29, 1.82) is 0 Å².